The molecule has 0 saturated carbocycles. The zero-order valence-electron chi connectivity index (χ0n) is 8.13. The van der Waals surface area contributed by atoms with Crippen LogP contribution in [-0.2, 0) is 0 Å². The molecule has 1 aromatic carbocycles. The molecule has 0 aliphatic rings. The van der Waals surface area contributed by atoms with Gasteiger partial charge in [0.2, 0.25) is 0 Å². The minimum atomic E-state index is 0.817. The van der Waals surface area contributed by atoms with Crippen molar-refractivity contribution in [3.8, 4) is 0 Å². The Morgan fingerprint density at radius 1 is 1.46 bits per heavy atom. The number of hydrogen-bond acceptors (Lipinski definition) is 3. The standard InChI is InChI=1S/C10H16N2S/c1-8-3-4-9(11)7-10(8)12-5-6-13-2/h3-4,7,12H,5-6,11H2,1-2H3. The van der Waals surface area contributed by atoms with Crippen LogP contribution in [0.5, 0.6) is 0 Å². The molecular formula is C10H16N2S. The Labute approximate surface area is 83.9 Å². The Balaban J connectivity index is 2.59. The van der Waals surface area contributed by atoms with E-state index in [9.17, 15) is 0 Å². The van der Waals surface area contributed by atoms with Crippen LogP contribution in [0.25, 0.3) is 0 Å². The molecule has 0 unspecified atom stereocenters. The maximum atomic E-state index is 5.69. The van der Waals surface area contributed by atoms with Gasteiger partial charge in [-0.3, -0.25) is 0 Å². The van der Waals surface area contributed by atoms with Crippen LogP contribution < -0.4 is 11.1 Å². The van der Waals surface area contributed by atoms with E-state index in [1.807, 2.05) is 30.0 Å². The van der Waals surface area contributed by atoms with Crippen LogP contribution in [0.1, 0.15) is 5.56 Å². The summed E-state index contributed by atoms with van der Waals surface area (Å²) in [6.07, 6.45) is 2.11. The Hall–Kier alpha value is -0.830. The van der Waals surface area contributed by atoms with Crippen LogP contribution in [0.4, 0.5) is 11.4 Å². The molecule has 72 valence electrons. The molecule has 1 aromatic rings. The molecule has 2 nitrogen and oxygen atoms in total. The van der Waals surface area contributed by atoms with Crippen molar-refractivity contribution < 1.29 is 0 Å². The number of benzene rings is 1. The maximum Gasteiger partial charge on any atom is 0.0390 e. The summed E-state index contributed by atoms with van der Waals surface area (Å²) in [6.45, 7) is 3.08. The van der Waals surface area contributed by atoms with Gasteiger partial charge >= 0.3 is 0 Å². The van der Waals surface area contributed by atoms with Crippen molar-refractivity contribution in [2.24, 2.45) is 0 Å². The molecule has 1 rings (SSSR count). The number of hydrogen-bond donors (Lipinski definition) is 2. The molecule has 0 amide bonds. The first kappa shape index (κ1) is 10.3. The fourth-order valence-corrected chi connectivity index (χ4v) is 1.42. The summed E-state index contributed by atoms with van der Waals surface area (Å²) in [5.74, 6) is 1.12. The van der Waals surface area contributed by atoms with E-state index >= 15 is 0 Å². The number of aryl methyl sites for hydroxylation is 1. The number of nitrogens with two attached hydrogens (primary N) is 1. The quantitative estimate of drug-likeness (QED) is 0.573. The monoisotopic (exact) mass is 196 g/mol. The van der Waals surface area contributed by atoms with Crippen molar-refractivity contribution >= 4 is 23.1 Å². The van der Waals surface area contributed by atoms with Crippen molar-refractivity contribution in [3.63, 3.8) is 0 Å². The lowest BCUT2D eigenvalue weighted by Gasteiger charge is -2.09. The Morgan fingerprint density at radius 3 is 2.92 bits per heavy atom. The number of nitrogen functional groups attached to an aromatic ring is 1. The lowest BCUT2D eigenvalue weighted by molar-refractivity contribution is 1.22. The fraction of sp³-hybridized carbons (Fsp3) is 0.400. The number of rotatable bonds is 4. The smallest absolute Gasteiger partial charge is 0.0390 e. The van der Waals surface area contributed by atoms with Gasteiger partial charge in [0.15, 0.2) is 0 Å². The molecular weight excluding hydrogens is 180 g/mol. The highest BCUT2D eigenvalue weighted by Crippen LogP contribution is 2.17. The second-order valence-corrected chi connectivity index (χ2v) is 3.98. The van der Waals surface area contributed by atoms with Crippen molar-refractivity contribution in [2.75, 3.05) is 29.6 Å². The summed E-state index contributed by atoms with van der Waals surface area (Å²) >= 11 is 1.84. The Kier molecular flexibility index (Phi) is 3.96. The second-order valence-electron chi connectivity index (χ2n) is 2.99. The van der Waals surface area contributed by atoms with E-state index < -0.39 is 0 Å². The van der Waals surface area contributed by atoms with Gasteiger partial charge in [0, 0.05) is 23.7 Å². The van der Waals surface area contributed by atoms with Gasteiger partial charge in [0.1, 0.15) is 0 Å². The van der Waals surface area contributed by atoms with E-state index in [0.717, 1.165) is 23.7 Å². The van der Waals surface area contributed by atoms with Gasteiger partial charge in [0.25, 0.3) is 0 Å². The van der Waals surface area contributed by atoms with E-state index in [1.165, 1.54) is 5.56 Å². The molecule has 0 saturated heterocycles. The molecule has 13 heavy (non-hydrogen) atoms. The molecule has 3 N–H and O–H groups in total. The zero-order valence-corrected chi connectivity index (χ0v) is 8.95. The molecule has 0 atom stereocenters. The van der Waals surface area contributed by atoms with Gasteiger partial charge in [0.05, 0.1) is 0 Å². The maximum absolute atomic E-state index is 5.69. The van der Waals surface area contributed by atoms with Gasteiger partial charge in [-0.1, -0.05) is 6.07 Å². The summed E-state index contributed by atoms with van der Waals surface area (Å²) in [7, 11) is 0. The summed E-state index contributed by atoms with van der Waals surface area (Å²) in [4.78, 5) is 0. The Morgan fingerprint density at radius 2 is 2.23 bits per heavy atom. The van der Waals surface area contributed by atoms with E-state index in [1.54, 1.807) is 0 Å². The average Bonchev–Trinajstić information content (AvgIpc) is 2.11. The molecule has 0 bridgehead atoms. The first-order valence-corrected chi connectivity index (χ1v) is 5.72. The third kappa shape index (κ3) is 3.19. The van der Waals surface area contributed by atoms with Gasteiger partial charge in [-0.15, -0.1) is 0 Å². The zero-order chi connectivity index (χ0) is 9.68. The minimum Gasteiger partial charge on any atom is -0.399 e. The highest BCUT2D eigenvalue weighted by Gasteiger charge is 1.96. The van der Waals surface area contributed by atoms with Gasteiger partial charge in [-0.05, 0) is 30.9 Å². The van der Waals surface area contributed by atoms with Crippen LogP contribution in [0.3, 0.4) is 0 Å². The molecule has 0 fully saturated rings. The van der Waals surface area contributed by atoms with E-state index in [0.29, 0.717) is 0 Å². The molecule has 0 spiro atoms. The fourth-order valence-electron chi connectivity index (χ4n) is 1.12. The third-order valence-electron chi connectivity index (χ3n) is 1.88. The first-order valence-electron chi connectivity index (χ1n) is 4.33. The van der Waals surface area contributed by atoms with Gasteiger partial charge in [-0.2, -0.15) is 11.8 Å². The van der Waals surface area contributed by atoms with Crippen LogP contribution >= 0.6 is 11.8 Å². The average molecular weight is 196 g/mol. The lowest BCUT2D eigenvalue weighted by atomic mass is 10.2. The van der Waals surface area contributed by atoms with Crippen LogP contribution in [-0.4, -0.2) is 18.6 Å². The highest BCUT2D eigenvalue weighted by molar-refractivity contribution is 7.98. The van der Waals surface area contributed by atoms with Crippen LogP contribution in [0.15, 0.2) is 18.2 Å². The topological polar surface area (TPSA) is 38.0 Å². The van der Waals surface area contributed by atoms with Crippen LogP contribution in [0.2, 0.25) is 0 Å². The number of nitrogens with one attached hydrogen (secondary N) is 1. The summed E-state index contributed by atoms with van der Waals surface area (Å²) < 4.78 is 0. The summed E-state index contributed by atoms with van der Waals surface area (Å²) in [5, 5.41) is 3.35. The third-order valence-corrected chi connectivity index (χ3v) is 2.50. The van der Waals surface area contributed by atoms with E-state index in [4.69, 9.17) is 5.73 Å². The predicted molar refractivity (Wildman–Crippen MR) is 62.5 cm³/mol. The van der Waals surface area contributed by atoms with Crippen molar-refractivity contribution in [1.29, 1.82) is 0 Å². The molecule has 0 aromatic heterocycles. The highest BCUT2D eigenvalue weighted by atomic mass is 32.2. The van der Waals surface area contributed by atoms with E-state index in [2.05, 4.69) is 18.5 Å². The molecule has 0 aliphatic carbocycles. The normalized spacial score (nSPS) is 10.0. The predicted octanol–water partition coefficient (Wildman–Crippen LogP) is 2.35. The van der Waals surface area contributed by atoms with Gasteiger partial charge in [-0.25, -0.2) is 0 Å². The lowest BCUT2D eigenvalue weighted by Crippen LogP contribution is -2.05. The summed E-state index contributed by atoms with van der Waals surface area (Å²) in [6, 6.07) is 5.95. The molecule has 0 aliphatic heterocycles. The number of anilines is 2. The van der Waals surface area contributed by atoms with Crippen LogP contribution in [0, 0.1) is 6.92 Å². The largest absolute Gasteiger partial charge is 0.399 e. The van der Waals surface area contributed by atoms with Crippen molar-refractivity contribution in [3.05, 3.63) is 23.8 Å². The number of thioether (sulfide) groups is 1. The van der Waals surface area contributed by atoms with E-state index in [-0.39, 0.29) is 0 Å². The van der Waals surface area contributed by atoms with Gasteiger partial charge < -0.3 is 11.1 Å². The first-order chi connectivity index (χ1) is 6.24. The molecule has 0 radical (unpaired) electrons. The van der Waals surface area contributed by atoms with Crippen molar-refractivity contribution in [1.82, 2.24) is 0 Å². The molecule has 3 heteroatoms. The Bertz CT molecular complexity index is 274. The minimum absolute atomic E-state index is 0.817. The molecule has 0 heterocycles. The second kappa shape index (κ2) is 5.02. The van der Waals surface area contributed by atoms with Crippen molar-refractivity contribution in [2.45, 2.75) is 6.92 Å². The SMILES string of the molecule is CSCCNc1cc(N)ccc1C. The summed E-state index contributed by atoms with van der Waals surface area (Å²) in [5.41, 5.74) is 8.90.